The largest absolute Gasteiger partial charge is 3.00 e. The number of hydrogen-bond donors (Lipinski definition) is 0. The summed E-state index contributed by atoms with van der Waals surface area (Å²) in [4.78, 5) is 0. The second kappa shape index (κ2) is 5.35. The molecule has 0 heterocycles. The van der Waals surface area contributed by atoms with Gasteiger partial charge in [-0.05, 0) is 0 Å². The van der Waals surface area contributed by atoms with Crippen LogP contribution in [0.15, 0.2) is 0 Å². The van der Waals surface area contributed by atoms with Crippen molar-refractivity contribution in [3.05, 3.63) is 0 Å². The third kappa shape index (κ3) is 134. The summed E-state index contributed by atoms with van der Waals surface area (Å²) < 4.78 is 34.1. The van der Waals surface area contributed by atoms with Crippen LogP contribution < -0.4 is 0 Å². The molecule has 5 radical (unpaired) electrons. The Morgan fingerprint density at radius 2 is 1.14 bits per heavy atom. The van der Waals surface area contributed by atoms with Gasteiger partial charge in [0.1, 0.15) is 0 Å². The summed E-state index contributed by atoms with van der Waals surface area (Å²) in [6, 6.07) is 0. The monoisotopic (exact) mass is 252 g/mol. The third-order valence-corrected chi connectivity index (χ3v) is 0. The summed E-state index contributed by atoms with van der Waals surface area (Å²) in [5.74, 6) is 0. The molecule has 7 heteroatoms. The Balaban J connectivity index is -0.0000000800. The minimum Gasteiger partial charge on any atom is -0.759 e. The van der Waals surface area contributed by atoms with E-state index in [1.807, 2.05) is 0 Å². The molecule has 37 valence electrons. The second-order valence-electron chi connectivity index (χ2n) is 0.408. The van der Waals surface area contributed by atoms with Crippen LogP contribution in [0.2, 0.25) is 0 Å². The van der Waals surface area contributed by atoms with Crippen molar-refractivity contribution in [2.75, 3.05) is 0 Å². The van der Waals surface area contributed by atoms with Crippen molar-refractivity contribution in [1.82, 2.24) is 0 Å². The van der Waals surface area contributed by atoms with Crippen LogP contribution in [0.5, 0.6) is 0 Å². The van der Waals surface area contributed by atoms with Crippen molar-refractivity contribution in [3.63, 3.8) is 0 Å². The van der Waals surface area contributed by atoms with Gasteiger partial charge in [0, 0.05) is 10.4 Å². The molecule has 0 aromatic carbocycles. The summed E-state index contributed by atoms with van der Waals surface area (Å²) in [6.45, 7) is 0. The zero-order valence-corrected chi connectivity index (χ0v) is 6.91. The normalized spacial score (nSPS) is 8.29. The maximum Gasteiger partial charge on any atom is 3.00 e. The summed E-state index contributed by atoms with van der Waals surface area (Å²) in [5.41, 5.74) is 0. The van der Waals surface area contributed by atoms with E-state index in [9.17, 15) is 0 Å². The van der Waals surface area contributed by atoms with Crippen molar-refractivity contribution in [2.45, 2.75) is 0 Å². The van der Waals surface area contributed by atoms with Gasteiger partial charge in [0.05, 0.1) is 0 Å². The summed E-state index contributed by atoms with van der Waals surface area (Å²) in [5, 5.41) is 0. The van der Waals surface area contributed by atoms with Crippen LogP contribution in [-0.2, 0) is 15.9 Å². The van der Waals surface area contributed by atoms with E-state index in [0.717, 1.165) is 0 Å². The topological polar surface area (TPSA) is 109 Å². The van der Waals surface area contributed by atoms with Crippen molar-refractivity contribution >= 4 is 10.4 Å². The molecule has 0 bridgehead atoms. The summed E-state index contributed by atoms with van der Waals surface area (Å²) in [6.07, 6.45) is 0. The minimum atomic E-state index is -5.17. The van der Waals surface area contributed by atoms with Gasteiger partial charge in [-0.1, -0.05) is 0 Å². The molecular formula is CeO5S+3. The van der Waals surface area contributed by atoms with Crippen LogP contribution in [-0.4, -0.2) is 17.5 Å². The zero-order valence-electron chi connectivity index (χ0n) is 2.95. The van der Waals surface area contributed by atoms with E-state index in [0.29, 0.717) is 0 Å². The average molecular weight is 252 g/mol. The van der Waals surface area contributed by atoms with E-state index in [2.05, 4.69) is 0 Å². The smallest absolute Gasteiger partial charge is 0.759 e. The van der Waals surface area contributed by atoms with Crippen LogP contribution in [0.25, 0.3) is 0 Å². The van der Waals surface area contributed by atoms with Crippen molar-refractivity contribution in [1.29, 1.82) is 0 Å². The molecule has 0 rings (SSSR count). The Bertz CT molecular complexity index is 91.2. The maximum absolute atomic E-state index is 8.52. The molecule has 0 fully saturated rings. The standard InChI is InChI=1S/Ce.H2O4S.O/c;1-5(2,3)4;/h;(H2,1,2,3,4);/q+3;;+2/p-2. The van der Waals surface area contributed by atoms with Gasteiger partial charge in [-0.3, -0.25) is 8.42 Å². The van der Waals surface area contributed by atoms with Crippen molar-refractivity contribution in [3.8, 4) is 0 Å². The molecule has 0 aromatic heterocycles. The SMILES string of the molecule is O=S(=O)([O-])[O-].[Ce+3].[O+2]. The molecule has 0 unspecified atom stereocenters. The maximum atomic E-state index is 8.52. The molecule has 0 amide bonds. The molecule has 0 saturated heterocycles. The third-order valence-electron chi connectivity index (χ3n) is 0. The molecule has 0 aliphatic carbocycles. The average Bonchev–Trinajstić information content (AvgIpc) is 0.722. The molecule has 7 heavy (non-hydrogen) atoms. The van der Waals surface area contributed by atoms with E-state index < -0.39 is 10.4 Å². The molecule has 0 spiro atoms. The van der Waals surface area contributed by atoms with Crippen LogP contribution in [0.3, 0.4) is 0 Å². The molecular weight excluding hydrogens is 252 g/mol. The van der Waals surface area contributed by atoms with Gasteiger partial charge in [0.15, 0.2) is 0 Å². The first-order valence-electron chi connectivity index (χ1n) is 0.667. The Labute approximate surface area is 74.4 Å². The van der Waals surface area contributed by atoms with Gasteiger partial charge < -0.3 is 9.11 Å². The second-order valence-corrected chi connectivity index (χ2v) is 1.22. The van der Waals surface area contributed by atoms with E-state index in [-0.39, 0.29) is 47.2 Å². The fourth-order valence-corrected chi connectivity index (χ4v) is 0. The Morgan fingerprint density at radius 1 is 1.14 bits per heavy atom. The van der Waals surface area contributed by atoms with Crippen molar-refractivity contribution < 1.29 is 64.7 Å². The minimum absolute atomic E-state index is 0. The predicted molar refractivity (Wildman–Crippen MR) is 11.2 cm³/mol. The molecule has 0 aliphatic heterocycles. The summed E-state index contributed by atoms with van der Waals surface area (Å²) >= 11 is 0. The van der Waals surface area contributed by atoms with E-state index in [1.54, 1.807) is 0 Å². The van der Waals surface area contributed by atoms with Crippen LogP contribution in [0.1, 0.15) is 0 Å². The van der Waals surface area contributed by atoms with Crippen LogP contribution >= 0.6 is 0 Å². The quantitative estimate of drug-likeness (QED) is 0.387. The van der Waals surface area contributed by atoms with Crippen LogP contribution in [0, 0.1) is 41.7 Å². The van der Waals surface area contributed by atoms with Gasteiger partial charge in [0.25, 0.3) is 0 Å². The van der Waals surface area contributed by atoms with Gasteiger partial charge in [0.2, 0.25) is 0 Å². The zero-order chi connectivity index (χ0) is 4.50. The molecule has 5 nitrogen and oxygen atoms in total. The first-order valence-corrected chi connectivity index (χ1v) is 2.00. The van der Waals surface area contributed by atoms with Crippen molar-refractivity contribution in [2.24, 2.45) is 0 Å². The Morgan fingerprint density at radius 3 is 1.14 bits per heavy atom. The van der Waals surface area contributed by atoms with E-state index in [4.69, 9.17) is 17.5 Å². The molecule has 0 aliphatic rings. The fourth-order valence-electron chi connectivity index (χ4n) is 0. The van der Waals surface area contributed by atoms with Gasteiger partial charge >= 0.3 is 47.2 Å². The Kier molecular flexibility index (Phi) is 12.0. The first kappa shape index (κ1) is 15.7. The molecule has 0 aromatic rings. The van der Waals surface area contributed by atoms with Gasteiger partial charge in [-0.2, -0.15) is 0 Å². The summed E-state index contributed by atoms with van der Waals surface area (Å²) in [7, 11) is -5.17. The van der Waals surface area contributed by atoms with Gasteiger partial charge in [-0.25, -0.2) is 0 Å². The predicted octanol–water partition coefficient (Wildman–Crippen LogP) is -1.46. The van der Waals surface area contributed by atoms with Crippen LogP contribution in [0.4, 0.5) is 0 Å². The number of hydrogen-bond acceptors (Lipinski definition) is 4. The van der Waals surface area contributed by atoms with E-state index in [1.165, 1.54) is 0 Å². The molecule has 0 atom stereocenters. The van der Waals surface area contributed by atoms with E-state index >= 15 is 0 Å². The van der Waals surface area contributed by atoms with Gasteiger partial charge in [-0.15, -0.1) is 0 Å². The fraction of sp³-hybridized carbons (Fsp3) is 0. The number of rotatable bonds is 0. The molecule has 0 saturated carbocycles. The first-order chi connectivity index (χ1) is 2.00. The molecule has 0 N–H and O–H groups in total. The Hall–Kier alpha value is 1.21.